The SMILES string of the molecule is COc1ccc(C(=O)NC(C)c2ccc(Br)cc2)cc1S(=O)(=O)N(C)C. The Morgan fingerprint density at radius 2 is 1.77 bits per heavy atom. The highest BCUT2D eigenvalue weighted by atomic mass is 79.9. The van der Waals surface area contributed by atoms with Crippen molar-refractivity contribution in [1.29, 1.82) is 0 Å². The summed E-state index contributed by atoms with van der Waals surface area (Å²) in [6.45, 7) is 1.86. The van der Waals surface area contributed by atoms with Crippen LogP contribution in [0.1, 0.15) is 28.9 Å². The Bertz CT molecular complexity index is 896. The summed E-state index contributed by atoms with van der Waals surface area (Å²) in [5, 5.41) is 2.87. The minimum Gasteiger partial charge on any atom is -0.495 e. The van der Waals surface area contributed by atoms with Crippen LogP contribution >= 0.6 is 15.9 Å². The van der Waals surface area contributed by atoms with Gasteiger partial charge in [-0.3, -0.25) is 4.79 Å². The zero-order valence-electron chi connectivity index (χ0n) is 15.0. The second-order valence-electron chi connectivity index (χ2n) is 5.90. The molecule has 6 nitrogen and oxygen atoms in total. The lowest BCUT2D eigenvalue weighted by Gasteiger charge is -2.17. The first kappa shape index (κ1) is 20.4. The molecule has 0 aliphatic heterocycles. The Balaban J connectivity index is 2.30. The van der Waals surface area contributed by atoms with E-state index in [2.05, 4.69) is 21.2 Å². The maximum Gasteiger partial charge on any atom is 0.251 e. The van der Waals surface area contributed by atoms with Crippen molar-refractivity contribution in [2.45, 2.75) is 17.9 Å². The molecule has 1 amide bonds. The number of nitrogens with zero attached hydrogens (tertiary/aromatic N) is 1. The van der Waals surface area contributed by atoms with Gasteiger partial charge in [-0.1, -0.05) is 28.1 Å². The molecular weight excluding hydrogens is 420 g/mol. The van der Waals surface area contributed by atoms with Crippen molar-refractivity contribution in [2.75, 3.05) is 21.2 Å². The van der Waals surface area contributed by atoms with Crippen molar-refractivity contribution in [3.05, 3.63) is 58.1 Å². The molecule has 0 fully saturated rings. The molecular formula is C18H21BrN2O4S. The van der Waals surface area contributed by atoms with Crippen LogP contribution in [0, 0.1) is 0 Å². The van der Waals surface area contributed by atoms with Gasteiger partial charge in [0.05, 0.1) is 13.2 Å². The predicted octanol–water partition coefficient (Wildman–Crippen LogP) is 3.20. The molecule has 1 N–H and O–H groups in total. The number of ether oxygens (including phenoxy) is 1. The maximum atomic E-state index is 12.6. The number of nitrogens with one attached hydrogen (secondary N) is 1. The van der Waals surface area contributed by atoms with E-state index in [-0.39, 0.29) is 28.2 Å². The van der Waals surface area contributed by atoms with Gasteiger partial charge in [0.1, 0.15) is 10.6 Å². The number of benzene rings is 2. The van der Waals surface area contributed by atoms with Crippen molar-refractivity contribution < 1.29 is 17.9 Å². The third kappa shape index (κ3) is 4.44. The molecule has 1 atom stereocenters. The highest BCUT2D eigenvalue weighted by Gasteiger charge is 2.24. The fourth-order valence-electron chi connectivity index (χ4n) is 2.33. The van der Waals surface area contributed by atoms with E-state index >= 15 is 0 Å². The largest absolute Gasteiger partial charge is 0.495 e. The van der Waals surface area contributed by atoms with Crippen molar-refractivity contribution in [3.63, 3.8) is 0 Å². The topological polar surface area (TPSA) is 75.7 Å². The third-order valence-corrected chi connectivity index (χ3v) is 6.27. The normalized spacial score (nSPS) is 12.7. The minimum atomic E-state index is -3.74. The van der Waals surface area contributed by atoms with E-state index in [1.807, 2.05) is 31.2 Å². The van der Waals surface area contributed by atoms with E-state index in [1.165, 1.54) is 39.4 Å². The Hall–Kier alpha value is -1.90. The Labute approximate surface area is 162 Å². The lowest BCUT2D eigenvalue weighted by atomic mass is 10.1. The van der Waals surface area contributed by atoms with Gasteiger partial charge in [0, 0.05) is 24.1 Å². The predicted molar refractivity (Wildman–Crippen MR) is 104 cm³/mol. The van der Waals surface area contributed by atoms with Crippen molar-refractivity contribution in [3.8, 4) is 5.75 Å². The van der Waals surface area contributed by atoms with Gasteiger partial charge in [-0.25, -0.2) is 12.7 Å². The number of methoxy groups -OCH3 is 1. The van der Waals surface area contributed by atoms with Gasteiger partial charge in [-0.2, -0.15) is 0 Å². The molecule has 0 saturated heterocycles. The van der Waals surface area contributed by atoms with Crippen LogP contribution in [0.3, 0.4) is 0 Å². The molecule has 2 aromatic rings. The molecule has 0 bridgehead atoms. The standard InChI is InChI=1S/C18H21BrN2O4S/c1-12(13-5-8-15(19)9-6-13)20-18(22)14-7-10-16(25-4)17(11-14)26(23,24)21(2)3/h5-12H,1-4H3,(H,20,22). The molecule has 0 aliphatic rings. The highest BCUT2D eigenvalue weighted by molar-refractivity contribution is 9.10. The van der Waals surface area contributed by atoms with Crippen LogP contribution in [-0.2, 0) is 10.0 Å². The van der Waals surface area contributed by atoms with Crippen molar-refractivity contribution in [1.82, 2.24) is 9.62 Å². The minimum absolute atomic E-state index is 0.0473. The molecule has 0 heterocycles. The van der Waals surface area contributed by atoms with Gasteiger partial charge in [-0.15, -0.1) is 0 Å². The van der Waals surface area contributed by atoms with Crippen LogP contribution in [-0.4, -0.2) is 39.8 Å². The van der Waals surface area contributed by atoms with Gasteiger partial charge < -0.3 is 10.1 Å². The number of carbonyl (C=O) groups excluding carboxylic acids is 1. The van der Waals surface area contributed by atoms with Gasteiger partial charge in [0.2, 0.25) is 10.0 Å². The number of sulfonamides is 1. The average Bonchev–Trinajstić information content (AvgIpc) is 2.61. The second-order valence-corrected chi connectivity index (χ2v) is 8.94. The molecule has 8 heteroatoms. The summed E-state index contributed by atoms with van der Waals surface area (Å²) in [5.74, 6) is -0.172. The molecule has 0 aromatic heterocycles. The second kappa shape index (κ2) is 8.20. The van der Waals surface area contributed by atoms with Crippen molar-refractivity contribution in [2.24, 2.45) is 0 Å². The fourth-order valence-corrected chi connectivity index (χ4v) is 3.67. The highest BCUT2D eigenvalue weighted by Crippen LogP contribution is 2.27. The maximum absolute atomic E-state index is 12.6. The van der Waals surface area contributed by atoms with Crippen molar-refractivity contribution >= 4 is 31.9 Å². The van der Waals surface area contributed by atoms with Crippen LogP contribution in [0.4, 0.5) is 0 Å². The molecule has 0 saturated carbocycles. The summed E-state index contributed by atoms with van der Waals surface area (Å²) < 4.78 is 32.1. The van der Waals surface area contributed by atoms with E-state index in [1.54, 1.807) is 0 Å². The molecule has 26 heavy (non-hydrogen) atoms. The first-order chi connectivity index (χ1) is 12.2. The molecule has 2 aromatic carbocycles. The number of amides is 1. The lowest BCUT2D eigenvalue weighted by molar-refractivity contribution is 0.0939. The summed E-state index contributed by atoms with van der Waals surface area (Å²) >= 11 is 3.37. The zero-order valence-corrected chi connectivity index (χ0v) is 17.4. The first-order valence-corrected chi connectivity index (χ1v) is 10.1. The summed E-state index contributed by atoms with van der Waals surface area (Å²) in [6, 6.07) is 11.7. The van der Waals surface area contributed by atoms with E-state index < -0.39 is 10.0 Å². The molecule has 0 radical (unpaired) electrons. The lowest BCUT2D eigenvalue weighted by Crippen LogP contribution is -2.27. The van der Waals surface area contributed by atoms with Gasteiger partial charge in [-0.05, 0) is 42.8 Å². The van der Waals surface area contributed by atoms with Crippen LogP contribution in [0.15, 0.2) is 51.8 Å². The van der Waals surface area contributed by atoms with Crippen LogP contribution in [0.25, 0.3) is 0 Å². The van der Waals surface area contributed by atoms with Crippen LogP contribution < -0.4 is 10.1 Å². The average molecular weight is 441 g/mol. The van der Waals surface area contributed by atoms with E-state index in [0.717, 1.165) is 14.3 Å². The monoisotopic (exact) mass is 440 g/mol. The Kier molecular flexibility index (Phi) is 6.44. The summed E-state index contributed by atoms with van der Waals surface area (Å²) in [5.41, 5.74) is 1.19. The number of hydrogen-bond donors (Lipinski definition) is 1. The third-order valence-electron chi connectivity index (χ3n) is 3.90. The smallest absolute Gasteiger partial charge is 0.251 e. The molecule has 0 aliphatic carbocycles. The number of rotatable bonds is 6. The van der Waals surface area contributed by atoms with Crippen LogP contribution in [0.5, 0.6) is 5.75 Å². The number of halogens is 1. The van der Waals surface area contributed by atoms with E-state index in [4.69, 9.17) is 4.74 Å². The van der Waals surface area contributed by atoms with Gasteiger partial charge >= 0.3 is 0 Å². The fraction of sp³-hybridized carbons (Fsp3) is 0.278. The number of hydrogen-bond acceptors (Lipinski definition) is 4. The zero-order chi connectivity index (χ0) is 19.5. The summed E-state index contributed by atoms with van der Waals surface area (Å²) in [6.07, 6.45) is 0. The Morgan fingerprint density at radius 1 is 1.15 bits per heavy atom. The van der Waals surface area contributed by atoms with E-state index in [0.29, 0.717) is 0 Å². The van der Waals surface area contributed by atoms with Crippen LogP contribution in [0.2, 0.25) is 0 Å². The molecule has 0 spiro atoms. The van der Waals surface area contributed by atoms with E-state index in [9.17, 15) is 13.2 Å². The molecule has 140 valence electrons. The molecule has 1 unspecified atom stereocenters. The van der Waals surface area contributed by atoms with Gasteiger partial charge in [0.25, 0.3) is 5.91 Å². The molecule has 2 rings (SSSR count). The summed E-state index contributed by atoms with van der Waals surface area (Å²) in [7, 11) is 0.506. The number of carbonyl (C=O) groups is 1. The first-order valence-electron chi connectivity index (χ1n) is 7.83. The summed E-state index contributed by atoms with van der Waals surface area (Å²) in [4.78, 5) is 12.5. The van der Waals surface area contributed by atoms with Gasteiger partial charge in [0.15, 0.2) is 0 Å². The quantitative estimate of drug-likeness (QED) is 0.747. The Morgan fingerprint density at radius 3 is 2.31 bits per heavy atom.